The lowest BCUT2D eigenvalue weighted by molar-refractivity contribution is 1.10. The zero-order valence-electron chi connectivity index (χ0n) is 7.64. The molecule has 0 radical (unpaired) electrons. The Labute approximate surface area is 89.0 Å². The van der Waals surface area contributed by atoms with E-state index in [1.54, 1.807) is 6.20 Å². The zero-order valence-corrected chi connectivity index (χ0v) is 8.45. The third-order valence-electron chi connectivity index (χ3n) is 2.12. The molecule has 3 aromatic rings. The van der Waals surface area contributed by atoms with Crippen molar-refractivity contribution in [3.63, 3.8) is 0 Å². The molecule has 3 rings (SSSR count). The van der Waals surface area contributed by atoms with Gasteiger partial charge in [0.05, 0.1) is 0 Å². The molecule has 0 aromatic carbocycles. The Kier molecular flexibility index (Phi) is 1.69. The summed E-state index contributed by atoms with van der Waals surface area (Å²) in [7, 11) is 0. The van der Waals surface area contributed by atoms with Crippen LogP contribution in [-0.2, 0) is 0 Å². The molecule has 74 valence electrons. The van der Waals surface area contributed by atoms with Crippen molar-refractivity contribution in [2.24, 2.45) is 0 Å². The number of nitrogens with two attached hydrogens (primary N) is 1. The molecule has 0 saturated carbocycles. The van der Waals surface area contributed by atoms with E-state index in [9.17, 15) is 0 Å². The Morgan fingerprint density at radius 2 is 2.27 bits per heavy atom. The second-order valence-electron chi connectivity index (χ2n) is 3.05. The van der Waals surface area contributed by atoms with Crippen LogP contribution in [0.4, 0.5) is 5.13 Å². The van der Waals surface area contributed by atoms with Gasteiger partial charge in [0.15, 0.2) is 5.01 Å². The van der Waals surface area contributed by atoms with Gasteiger partial charge >= 0.3 is 0 Å². The van der Waals surface area contributed by atoms with Gasteiger partial charge in [0.25, 0.3) is 0 Å². The smallest absolute Gasteiger partial charge is 0.203 e. The monoisotopic (exact) mass is 217 g/mol. The molecule has 3 heterocycles. The van der Waals surface area contributed by atoms with Crippen molar-refractivity contribution in [1.82, 2.24) is 20.2 Å². The van der Waals surface area contributed by atoms with E-state index in [0.29, 0.717) is 5.13 Å². The number of rotatable bonds is 1. The van der Waals surface area contributed by atoms with Crippen LogP contribution in [0.3, 0.4) is 0 Å². The number of anilines is 1. The largest absolute Gasteiger partial charge is 0.374 e. The number of aromatic nitrogens is 4. The van der Waals surface area contributed by atoms with Gasteiger partial charge in [-0.05, 0) is 12.1 Å². The molecule has 0 saturated heterocycles. The number of hydrogen-bond acceptors (Lipinski definition) is 5. The van der Waals surface area contributed by atoms with Crippen LogP contribution >= 0.6 is 11.3 Å². The lowest BCUT2D eigenvalue weighted by Gasteiger charge is -1.90. The SMILES string of the molecule is Nc1nnc(-c2c[nH]c3ncccc23)s1. The predicted molar refractivity (Wildman–Crippen MR) is 59.4 cm³/mol. The molecule has 3 N–H and O–H groups in total. The van der Waals surface area contributed by atoms with Crippen LogP contribution in [0.5, 0.6) is 0 Å². The highest BCUT2D eigenvalue weighted by molar-refractivity contribution is 7.18. The van der Waals surface area contributed by atoms with Crippen LogP contribution in [0.1, 0.15) is 0 Å². The predicted octanol–water partition coefficient (Wildman–Crippen LogP) is 1.66. The summed E-state index contributed by atoms with van der Waals surface area (Å²) in [6.07, 6.45) is 3.62. The molecule has 0 unspecified atom stereocenters. The van der Waals surface area contributed by atoms with Crippen LogP contribution in [0.2, 0.25) is 0 Å². The summed E-state index contributed by atoms with van der Waals surface area (Å²) in [5, 5.41) is 10.1. The fourth-order valence-corrected chi connectivity index (χ4v) is 2.12. The minimum Gasteiger partial charge on any atom is -0.374 e. The highest BCUT2D eigenvalue weighted by Crippen LogP contribution is 2.30. The van der Waals surface area contributed by atoms with Crippen molar-refractivity contribution < 1.29 is 0 Å². The molecule has 15 heavy (non-hydrogen) atoms. The van der Waals surface area contributed by atoms with Crippen LogP contribution < -0.4 is 5.73 Å². The highest BCUT2D eigenvalue weighted by atomic mass is 32.1. The lowest BCUT2D eigenvalue weighted by atomic mass is 10.2. The number of hydrogen-bond donors (Lipinski definition) is 2. The maximum Gasteiger partial charge on any atom is 0.203 e. The third-order valence-corrected chi connectivity index (χ3v) is 2.91. The molecule has 0 spiro atoms. The van der Waals surface area contributed by atoms with E-state index in [-0.39, 0.29) is 0 Å². The average Bonchev–Trinajstić information content (AvgIpc) is 2.83. The van der Waals surface area contributed by atoms with Gasteiger partial charge in [-0.15, -0.1) is 10.2 Å². The molecule has 0 fully saturated rings. The second-order valence-corrected chi connectivity index (χ2v) is 4.06. The normalized spacial score (nSPS) is 10.9. The summed E-state index contributed by atoms with van der Waals surface area (Å²) >= 11 is 1.37. The third kappa shape index (κ3) is 1.26. The van der Waals surface area contributed by atoms with Crippen LogP contribution in [0.25, 0.3) is 21.6 Å². The fourth-order valence-electron chi connectivity index (χ4n) is 1.48. The molecule has 0 aliphatic rings. The molecule has 6 heteroatoms. The molecule has 0 atom stereocenters. The standard InChI is InChI=1S/C9H7N5S/c10-9-14-13-8(15-9)6-4-12-7-5(6)2-1-3-11-7/h1-4H,(H2,10,14)(H,11,12). The summed E-state index contributed by atoms with van der Waals surface area (Å²) in [4.78, 5) is 7.29. The lowest BCUT2D eigenvalue weighted by Crippen LogP contribution is -1.80. The Hall–Kier alpha value is -1.95. The summed E-state index contributed by atoms with van der Waals surface area (Å²) in [5.74, 6) is 0. The van der Waals surface area contributed by atoms with Crippen LogP contribution in [-0.4, -0.2) is 20.2 Å². The fraction of sp³-hybridized carbons (Fsp3) is 0. The Balaban J connectivity index is 2.27. The Bertz CT molecular complexity index is 612. The second kappa shape index (κ2) is 3.03. The molecular formula is C9H7N5S. The number of nitrogens with one attached hydrogen (secondary N) is 1. The quantitative estimate of drug-likeness (QED) is 0.649. The van der Waals surface area contributed by atoms with Crippen LogP contribution in [0, 0.1) is 0 Å². The van der Waals surface area contributed by atoms with Gasteiger partial charge < -0.3 is 10.7 Å². The van der Waals surface area contributed by atoms with Crippen molar-refractivity contribution in [2.75, 3.05) is 5.73 Å². The maximum absolute atomic E-state index is 5.55. The average molecular weight is 217 g/mol. The van der Waals surface area contributed by atoms with E-state index < -0.39 is 0 Å². The number of fused-ring (bicyclic) bond motifs is 1. The van der Waals surface area contributed by atoms with E-state index in [4.69, 9.17) is 5.73 Å². The first-order valence-electron chi connectivity index (χ1n) is 4.36. The van der Waals surface area contributed by atoms with E-state index in [1.165, 1.54) is 11.3 Å². The van der Waals surface area contributed by atoms with Crippen molar-refractivity contribution in [3.8, 4) is 10.6 Å². The topological polar surface area (TPSA) is 80.5 Å². The number of nitrogen functional groups attached to an aromatic ring is 1. The van der Waals surface area contributed by atoms with Crippen molar-refractivity contribution in [1.29, 1.82) is 0 Å². The Morgan fingerprint density at radius 1 is 1.33 bits per heavy atom. The van der Waals surface area contributed by atoms with Gasteiger partial charge in [0, 0.05) is 23.3 Å². The van der Waals surface area contributed by atoms with Gasteiger partial charge in [0.1, 0.15) is 5.65 Å². The Morgan fingerprint density at radius 3 is 3.07 bits per heavy atom. The van der Waals surface area contributed by atoms with Gasteiger partial charge in [-0.3, -0.25) is 0 Å². The highest BCUT2D eigenvalue weighted by Gasteiger charge is 2.10. The van der Waals surface area contributed by atoms with E-state index in [0.717, 1.165) is 21.6 Å². The summed E-state index contributed by atoms with van der Waals surface area (Å²) in [6, 6.07) is 3.88. The van der Waals surface area contributed by atoms with E-state index in [1.807, 2.05) is 18.3 Å². The molecule has 0 aliphatic heterocycles. The number of H-pyrrole nitrogens is 1. The molecule has 5 nitrogen and oxygen atoms in total. The molecular weight excluding hydrogens is 210 g/mol. The zero-order chi connectivity index (χ0) is 10.3. The van der Waals surface area contributed by atoms with Crippen LogP contribution in [0.15, 0.2) is 24.5 Å². The summed E-state index contributed by atoms with van der Waals surface area (Å²) in [5.41, 5.74) is 7.39. The van der Waals surface area contributed by atoms with Crippen molar-refractivity contribution in [2.45, 2.75) is 0 Å². The van der Waals surface area contributed by atoms with E-state index in [2.05, 4.69) is 20.2 Å². The minimum atomic E-state index is 0.475. The molecule has 0 amide bonds. The van der Waals surface area contributed by atoms with Crippen molar-refractivity contribution >= 4 is 27.5 Å². The van der Waals surface area contributed by atoms with Crippen molar-refractivity contribution in [3.05, 3.63) is 24.5 Å². The number of pyridine rings is 1. The van der Waals surface area contributed by atoms with Gasteiger partial charge in [-0.2, -0.15) is 0 Å². The molecule has 0 bridgehead atoms. The van der Waals surface area contributed by atoms with Gasteiger partial charge in [-0.25, -0.2) is 4.98 Å². The maximum atomic E-state index is 5.55. The van der Waals surface area contributed by atoms with Gasteiger partial charge in [-0.1, -0.05) is 11.3 Å². The van der Waals surface area contributed by atoms with Gasteiger partial charge in [0.2, 0.25) is 5.13 Å². The number of nitrogens with zero attached hydrogens (tertiary/aromatic N) is 3. The first-order valence-corrected chi connectivity index (χ1v) is 5.18. The molecule has 0 aliphatic carbocycles. The first kappa shape index (κ1) is 8.37. The van der Waals surface area contributed by atoms with E-state index >= 15 is 0 Å². The number of aromatic amines is 1. The summed E-state index contributed by atoms with van der Waals surface area (Å²) < 4.78 is 0. The minimum absolute atomic E-state index is 0.475. The summed E-state index contributed by atoms with van der Waals surface area (Å²) in [6.45, 7) is 0. The molecule has 3 aromatic heterocycles. The first-order chi connectivity index (χ1) is 7.34.